The monoisotopic (exact) mass is 865 g/mol. The molecule has 298 valence electrons. The Morgan fingerprint density at radius 2 is 1.30 bits per heavy atom. The molecule has 2 N–H and O–H groups in total. The third kappa shape index (κ3) is 7.29. The van der Waals surface area contributed by atoms with Crippen molar-refractivity contribution in [3.63, 3.8) is 0 Å². The van der Waals surface area contributed by atoms with Gasteiger partial charge in [0.1, 0.15) is 17.5 Å². The summed E-state index contributed by atoms with van der Waals surface area (Å²) in [5.41, 5.74) is 11.1. The first-order valence-electron chi connectivity index (χ1n) is 19.6. The maximum absolute atomic E-state index is 13.4. The Morgan fingerprint density at radius 3 is 1.98 bits per heavy atom. The summed E-state index contributed by atoms with van der Waals surface area (Å²) in [5.74, 6) is 0.788. The summed E-state index contributed by atoms with van der Waals surface area (Å²) in [7, 11) is 0. The molecule has 10 rings (SSSR count). The van der Waals surface area contributed by atoms with Gasteiger partial charge in [-0.25, -0.2) is 14.4 Å². The number of benzene rings is 5. The standard InChI is InChI=1S/C28H23N3O2.C22H14BrFN4/c1-18-25(23-16-10-11-17-24(23)30(18)19(2)32)28-29-26(21-12-6-4-7-13-21)27(31(28)20(3)33)22-14-8-5-9-15-22;23-15-3-6-19-17(11-15)18(12-26-19)22-27-20(13-1-4-16(24)5-2-13)21(28-22)14-7-9-25-10-8-14/h4-17H,1-3H3;1-12,26H,(H,27,28). The number of fused-ring (bicyclic) bond motifs is 2. The van der Waals surface area contributed by atoms with Crippen molar-refractivity contribution in [1.82, 2.24) is 34.1 Å². The molecular weight excluding hydrogens is 829 g/mol. The molecule has 0 spiro atoms. The lowest BCUT2D eigenvalue weighted by atomic mass is 10.0. The van der Waals surface area contributed by atoms with Gasteiger partial charge in [0.25, 0.3) is 0 Å². The minimum atomic E-state index is -0.272. The summed E-state index contributed by atoms with van der Waals surface area (Å²) in [6.07, 6.45) is 5.43. The van der Waals surface area contributed by atoms with Crippen molar-refractivity contribution in [2.45, 2.75) is 20.8 Å². The molecule has 5 heterocycles. The molecule has 0 fully saturated rings. The molecule has 0 unspecified atom stereocenters. The number of nitrogens with zero attached hydrogens (tertiary/aromatic N) is 5. The van der Waals surface area contributed by atoms with E-state index in [-0.39, 0.29) is 17.6 Å². The van der Waals surface area contributed by atoms with E-state index < -0.39 is 0 Å². The molecule has 0 bridgehead atoms. The fourth-order valence-corrected chi connectivity index (χ4v) is 8.30. The molecule has 9 nitrogen and oxygen atoms in total. The van der Waals surface area contributed by atoms with E-state index in [1.54, 1.807) is 47.5 Å². The number of aromatic amines is 2. The third-order valence-corrected chi connectivity index (χ3v) is 11.1. The number of rotatable bonds is 6. The van der Waals surface area contributed by atoms with Crippen molar-refractivity contribution < 1.29 is 14.0 Å². The van der Waals surface area contributed by atoms with Crippen LogP contribution in [0.3, 0.4) is 0 Å². The topological polar surface area (TPSA) is 114 Å². The third-order valence-electron chi connectivity index (χ3n) is 10.6. The fourth-order valence-electron chi connectivity index (χ4n) is 7.94. The second-order valence-corrected chi connectivity index (χ2v) is 15.4. The van der Waals surface area contributed by atoms with Gasteiger partial charge in [-0.3, -0.25) is 23.7 Å². The zero-order valence-corrected chi connectivity index (χ0v) is 34.9. The highest BCUT2D eigenvalue weighted by Crippen LogP contribution is 2.41. The first kappa shape index (κ1) is 39.0. The van der Waals surface area contributed by atoms with Crippen molar-refractivity contribution in [3.05, 3.63) is 174 Å². The lowest BCUT2D eigenvalue weighted by Gasteiger charge is -2.10. The van der Waals surface area contributed by atoms with Crippen molar-refractivity contribution >= 4 is 49.6 Å². The summed E-state index contributed by atoms with van der Waals surface area (Å²) >= 11 is 3.54. The maximum atomic E-state index is 13.4. The lowest BCUT2D eigenvalue weighted by molar-refractivity contribution is 0.0932. The highest BCUT2D eigenvalue weighted by Gasteiger charge is 2.28. The van der Waals surface area contributed by atoms with Crippen LogP contribution in [0.4, 0.5) is 4.39 Å². The Balaban J connectivity index is 0.000000158. The predicted molar refractivity (Wildman–Crippen MR) is 244 cm³/mol. The zero-order valence-electron chi connectivity index (χ0n) is 33.3. The summed E-state index contributed by atoms with van der Waals surface area (Å²) in [6, 6.07) is 43.8. The Hall–Kier alpha value is -7.50. The molecular formula is C50H37BrFN7O2. The Bertz CT molecular complexity index is 3220. The normalized spacial score (nSPS) is 11.2. The Morgan fingerprint density at radius 1 is 0.656 bits per heavy atom. The van der Waals surface area contributed by atoms with Crippen LogP contribution in [0.5, 0.6) is 0 Å². The number of pyridine rings is 1. The van der Waals surface area contributed by atoms with Crippen molar-refractivity contribution in [1.29, 1.82) is 0 Å². The number of nitrogens with one attached hydrogen (secondary N) is 2. The highest BCUT2D eigenvalue weighted by atomic mass is 79.9. The molecule has 0 aliphatic rings. The molecule has 0 amide bonds. The predicted octanol–water partition coefficient (Wildman–Crippen LogP) is 12.7. The Kier molecular flexibility index (Phi) is 10.4. The summed E-state index contributed by atoms with van der Waals surface area (Å²) in [6.45, 7) is 5.00. The second-order valence-electron chi connectivity index (χ2n) is 14.5. The van der Waals surface area contributed by atoms with E-state index in [1.165, 1.54) is 12.1 Å². The minimum Gasteiger partial charge on any atom is -0.360 e. The largest absolute Gasteiger partial charge is 0.360 e. The molecule has 11 heteroatoms. The molecule has 10 aromatic rings. The molecule has 61 heavy (non-hydrogen) atoms. The van der Waals surface area contributed by atoms with Gasteiger partial charge in [0.05, 0.1) is 28.3 Å². The summed E-state index contributed by atoms with van der Waals surface area (Å²) in [5, 5.41) is 1.95. The summed E-state index contributed by atoms with van der Waals surface area (Å²) < 4.78 is 17.8. The number of aromatic nitrogens is 7. The Labute approximate surface area is 358 Å². The number of imidazole rings is 2. The average molecular weight is 867 g/mol. The number of para-hydroxylation sites is 1. The molecule has 0 saturated carbocycles. The SMILES string of the molecule is CC(=O)n1c(-c2c(C)n(C(C)=O)c3ccccc23)nc(-c2ccccc2)c1-c1ccccc1.Fc1ccc(-c2nc(-c3c[nH]c4ccc(Br)cc34)[nH]c2-c2ccncc2)cc1. The van der Waals surface area contributed by atoms with Crippen molar-refractivity contribution in [2.24, 2.45) is 0 Å². The van der Waals surface area contributed by atoms with Gasteiger partial charge in [-0.15, -0.1) is 0 Å². The van der Waals surface area contributed by atoms with E-state index in [9.17, 15) is 14.0 Å². The number of halogens is 2. The van der Waals surface area contributed by atoms with E-state index in [0.717, 1.165) is 94.0 Å². The average Bonchev–Trinajstić information content (AvgIpc) is 4.07. The van der Waals surface area contributed by atoms with Crippen LogP contribution in [0, 0.1) is 12.7 Å². The molecule has 5 aromatic heterocycles. The maximum Gasteiger partial charge on any atom is 0.229 e. The van der Waals surface area contributed by atoms with Crippen LogP contribution in [0.25, 0.3) is 89.6 Å². The second kappa shape index (κ2) is 16.3. The number of H-pyrrole nitrogens is 2. The first-order chi connectivity index (χ1) is 29.7. The summed E-state index contributed by atoms with van der Waals surface area (Å²) in [4.78, 5) is 46.4. The van der Waals surface area contributed by atoms with Crippen LogP contribution >= 0.6 is 15.9 Å². The van der Waals surface area contributed by atoms with E-state index in [2.05, 4.69) is 36.9 Å². The number of carbonyl (C=O) groups excluding carboxylic acids is 2. The van der Waals surface area contributed by atoms with Gasteiger partial charge in [-0.05, 0) is 67.6 Å². The van der Waals surface area contributed by atoms with Crippen LogP contribution in [-0.4, -0.2) is 45.9 Å². The fraction of sp³-hybridized carbons (Fsp3) is 0.0600. The van der Waals surface area contributed by atoms with Gasteiger partial charge in [0.15, 0.2) is 0 Å². The smallest absolute Gasteiger partial charge is 0.229 e. The van der Waals surface area contributed by atoms with Gasteiger partial charge in [-0.2, -0.15) is 0 Å². The molecule has 0 aliphatic heterocycles. The highest BCUT2D eigenvalue weighted by molar-refractivity contribution is 9.10. The van der Waals surface area contributed by atoms with Crippen LogP contribution in [0.15, 0.2) is 163 Å². The van der Waals surface area contributed by atoms with Crippen LogP contribution < -0.4 is 0 Å². The van der Waals surface area contributed by atoms with E-state index in [0.29, 0.717) is 5.82 Å². The van der Waals surface area contributed by atoms with Gasteiger partial charge in [-0.1, -0.05) is 94.8 Å². The van der Waals surface area contributed by atoms with Gasteiger partial charge in [0, 0.05) is 92.3 Å². The van der Waals surface area contributed by atoms with E-state index in [1.807, 2.05) is 122 Å². The number of hydrogen-bond acceptors (Lipinski definition) is 5. The quantitative estimate of drug-likeness (QED) is 0.173. The molecule has 0 aliphatic carbocycles. The minimum absolute atomic E-state index is 0.0811. The van der Waals surface area contributed by atoms with Gasteiger partial charge in [0.2, 0.25) is 11.8 Å². The molecule has 0 atom stereocenters. The lowest BCUT2D eigenvalue weighted by Crippen LogP contribution is -2.11. The molecule has 5 aromatic carbocycles. The van der Waals surface area contributed by atoms with Crippen LogP contribution in [-0.2, 0) is 0 Å². The number of hydrogen-bond donors (Lipinski definition) is 2. The van der Waals surface area contributed by atoms with Crippen LogP contribution in [0.2, 0.25) is 0 Å². The van der Waals surface area contributed by atoms with Crippen molar-refractivity contribution in [2.75, 3.05) is 0 Å². The van der Waals surface area contributed by atoms with E-state index in [4.69, 9.17) is 9.97 Å². The molecule has 0 radical (unpaired) electrons. The molecule has 0 saturated heterocycles. The van der Waals surface area contributed by atoms with Gasteiger partial charge < -0.3 is 9.97 Å². The number of carbonyl (C=O) groups is 2. The van der Waals surface area contributed by atoms with Crippen LogP contribution in [0.1, 0.15) is 29.1 Å². The van der Waals surface area contributed by atoms with Crippen molar-refractivity contribution in [3.8, 4) is 67.8 Å². The van der Waals surface area contributed by atoms with E-state index >= 15 is 0 Å². The first-order valence-corrected chi connectivity index (χ1v) is 20.4. The zero-order chi connectivity index (χ0) is 42.2. The van der Waals surface area contributed by atoms with Gasteiger partial charge >= 0.3 is 0 Å².